The number of nitrogens with zero attached hydrogens (tertiary/aromatic N) is 2. The van der Waals surface area contributed by atoms with Gasteiger partial charge >= 0.3 is 0 Å². The number of aromatic nitrogens is 2. The number of fused-ring (bicyclic) bond motifs is 1. The number of hydrogen-bond acceptors (Lipinski definition) is 5. The van der Waals surface area contributed by atoms with E-state index in [9.17, 15) is 4.79 Å². The summed E-state index contributed by atoms with van der Waals surface area (Å²) in [6.07, 6.45) is 2.63. The van der Waals surface area contributed by atoms with E-state index in [1.165, 1.54) is 37.3 Å². The van der Waals surface area contributed by atoms with Gasteiger partial charge in [-0.25, -0.2) is 4.98 Å². The fourth-order valence-electron chi connectivity index (χ4n) is 2.69. The van der Waals surface area contributed by atoms with Gasteiger partial charge in [0, 0.05) is 12.6 Å². The Kier molecular flexibility index (Phi) is 4.14. The Morgan fingerprint density at radius 2 is 2.30 bits per heavy atom. The van der Waals surface area contributed by atoms with Crippen LogP contribution in [0.4, 0.5) is 0 Å². The highest BCUT2D eigenvalue weighted by Gasteiger charge is 2.14. The largest absolute Gasteiger partial charge is 0.308 e. The molecule has 3 rings (SSSR count). The molecule has 1 aliphatic rings. The van der Waals surface area contributed by atoms with Crippen LogP contribution in [0.15, 0.2) is 16.2 Å². The zero-order chi connectivity index (χ0) is 13.9. The average Bonchev–Trinajstić information content (AvgIpc) is 3.07. The van der Waals surface area contributed by atoms with Crippen molar-refractivity contribution in [2.24, 2.45) is 0 Å². The summed E-state index contributed by atoms with van der Waals surface area (Å²) >= 11 is 1.44. The molecule has 0 saturated carbocycles. The maximum absolute atomic E-state index is 11.9. The number of nitrogens with one attached hydrogen (secondary N) is 2. The fraction of sp³-hybridized carbons (Fsp3) is 0.571. The molecule has 20 heavy (non-hydrogen) atoms. The molecule has 1 aliphatic heterocycles. The van der Waals surface area contributed by atoms with Gasteiger partial charge in [0.15, 0.2) is 0 Å². The van der Waals surface area contributed by atoms with Crippen molar-refractivity contribution in [1.29, 1.82) is 0 Å². The van der Waals surface area contributed by atoms with Crippen LogP contribution in [-0.4, -0.2) is 40.5 Å². The minimum atomic E-state index is -0.0333. The molecule has 2 aromatic rings. The SMILES string of the molecule is CC(CN1CCCC1)NCc1nc2ccsc2c(=O)[nH]1. The van der Waals surface area contributed by atoms with E-state index in [4.69, 9.17) is 0 Å². The molecular formula is C14H20N4OS. The monoisotopic (exact) mass is 292 g/mol. The van der Waals surface area contributed by atoms with E-state index >= 15 is 0 Å². The first-order valence-corrected chi connectivity index (χ1v) is 8.02. The molecule has 0 spiro atoms. The molecule has 5 nitrogen and oxygen atoms in total. The maximum Gasteiger partial charge on any atom is 0.268 e. The predicted molar refractivity (Wildman–Crippen MR) is 82.2 cm³/mol. The Morgan fingerprint density at radius 1 is 1.50 bits per heavy atom. The van der Waals surface area contributed by atoms with Crippen LogP contribution in [0.3, 0.4) is 0 Å². The topological polar surface area (TPSA) is 61.0 Å². The van der Waals surface area contributed by atoms with Crippen molar-refractivity contribution in [3.8, 4) is 0 Å². The maximum atomic E-state index is 11.9. The van der Waals surface area contributed by atoms with Gasteiger partial charge < -0.3 is 15.2 Å². The number of likely N-dealkylation sites (tertiary alicyclic amines) is 1. The molecule has 1 saturated heterocycles. The third-order valence-electron chi connectivity index (χ3n) is 3.71. The molecule has 0 aliphatic carbocycles. The molecule has 2 aromatic heterocycles. The van der Waals surface area contributed by atoms with Crippen molar-refractivity contribution in [2.75, 3.05) is 19.6 Å². The van der Waals surface area contributed by atoms with Crippen LogP contribution in [0, 0.1) is 0 Å². The Balaban J connectivity index is 1.60. The van der Waals surface area contributed by atoms with Crippen LogP contribution in [0.2, 0.25) is 0 Å². The lowest BCUT2D eigenvalue weighted by Gasteiger charge is -2.20. The number of aromatic amines is 1. The molecule has 1 unspecified atom stereocenters. The minimum Gasteiger partial charge on any atom is -0.308 e. The minimum absolute atomic E-state index is 0.0333. The first kappa shape index (κ1) is 13.7. The zero-order valence-corrected chi connectivity index (χ0v) is 12.5. The van der Waals surface area contributed by atoms with Gasteiger partial charge in [-0.1, -0.05) is 0 Å². The Morgan fingerprint density at radius 3 is 3.10 bits per heavy atom. The average molecular weight is 292 g/mol. The van der Waals surface area contributed by atoms with Crippen molar-refractivity contribution in [2.45, 2.75) is 32.4 Å². The molecule has 2 N–H and O–H groups in total. The van der Waals surface area contributed by atoms with Crippen molar-refractivity contribution >= 4 is 21.6 Å². The van der Waals surface area contributed by atoms with Crippen LogP contribution in [0.5, 0.6) is 0 Å². The van der Waals surface area contributed by atoms with E-state index in [0.717, 1.165) is 12.1 Å². The summed E-state index contributed by atoms with van der Waals surface area (Å²) < 4.78 is 0.707. The summed E-state index contributed by atoms with van der Waals surface area (Å²) in [7, 11) is 0. The van der Waals surface area contributed by atoms with Gasteiger partial charge in [-0.15, -0.1) is 11.3 Å². The standard InChI is InChI=1S/C14H20N4OS/c1-10(9-18-5-2-3-6-18)15-8-12-16-11-4-7-20-13(11)14(19)17-12/h4,7,10,15H,2-3,5-6,8-9H2,1H3,(H,16,17,19). The van der Waals surface area contributed by atoms with Crippen LogP contribution < -0.4 is 10.9 Å². The van der Waals surface area contributed by atoms with Crippen LogP contribution in [0.25, 0.3) is 10.2 Å². The van der Waals surface area contributed by atoms with E-state index in [2.05, 4.69) is 27.1 Å². The molecule has 0 aromatic carbocycles. The summed E-state index contributed by atoms with van der Waals surface area (Å²) in [5, 5.41) is 5.34. The van der Waals surface area contributed by atoms with Crippen molar-refractivity contribution < 1.29 is 0 Å². The van der Waals surface area contributed by atoms with Crippen LogP contribution in [-0.2, 0) is 6.54 Å². The summed E-state index contributed by atoms with van der Waals surface area (Å²) in [5.74, 6) is 0.717. The second-order valence-corrected chi connectivity index (χ2v) is 6.35. The molecule has 0 radical (unpaired) electrons. The first-order chi connectivity index (χ1) is 9.72. The first-order valence-electron chi connectivity index (χ1n) is 7.14. The van der Waals surface area contributed by atoms with E-state index in [0.29, 0.717) is 23.1 Å². The van der Waals surface area contributed by atoms with Crippen LogP contribution >= 0.6 is 11.3 Å². The lowest BCUT2D eigenvalue weighted by molar-refractivity contribution is 0.297. The summed E-state index contributed by atoms with van der Waals surface area (Å²) in [6, 6.07) is 2.29. The molecule has 0 bridgehead atoms. The zero-order valence-electron chi connectivity index (χ0n) is 11.7. The summed E-state index contributed by atoms with van der Waals surface area (Å²) in [5.41, 5.74) is 0.761. The van der Waals surface area contributed by atoms with Gasteiger partial charge in [-0.3, -0.25) is 4.79 Å². The van der Waals surface area contributed by atoms with E-state index < -0.39 is 0 Å². The van der Waals surface area contributed by atoms with E-state index in [1.54, 1.807) is 0 Å². The predicted octanol–water partition coefficient (Wildman–Crippen LogP) is 1.56. The molecule has 1 fully saturated rings. The Hall–Kier alpha value is -1.24. The van der Waals surface area contributed by atoms with Gasteiger partial charge in [0.1, 0.15) is 10.5 Å². The van der Waals surface area contributed by atoms with Gasteiger partial charge in [0.2, 0.25) is 0 Å². The van der Waals surface area contributed by atoms with E-state index in [-0.39, 0.29) is 5.56 Å². The lowest BCUT2D eigenvalue weighted by atomic mass is 10.3. The van der Waals surface area contributed by atoms with Crippen molar-refractivity contribution in [3.05, 3.63) is 27.6 Å². The second-order valence-electron chi connectivity index (χ2n) is 5.44. The third-order valence-corrected chi connectivity index (χ3v) is 4.62. The Labute approximate surface area is 122 Å². The van der Waals surface area contributed by atoms with E-state index in [1.807, 2.05) is 11.4 Å². The number of rotatable bonds is 5. The highest BCUT2D eigenvalue weighted by Crippen LogP contribution is 2.13. The quantitative estimate of drug-likeness (QED) is 0.878. The number of thiophene rings is 1. The molecule has 3 heterocycles. The molecule has 0 amide bonds. The van der Waals surface area contributed by atoms with Crippen LogP contribution in [0.1, 0.15) is 25.6 Å². The summed E-state index contributed by atoms with van der Waals surface area (Å²) in [4.78, 5) is 21.7. The number of hydrogen-bond donors (Lipinski definition) is 2. The number of H-pyrrole nitrogens is 1. The smallest absolute Gasteiger partial charge is 0.268 e. The highest BCUT2D eigenvalue weighted by atomic mass is 32.1. The highest BCUT2D eigenvalue weighted by molar-refractivity contribution is 7.17. The lowest BCUT2D eigenvalue weighted by Crippen LogP contribution is -2.38. The Bertz CT molecular complexity index is 629. The molecule has 6 heteroatoms. The van der Waals surface area contributed by atoms with Gasteiger partial charge in [-0.2, -0.15) is 0 Å². The van der Waals surface area contributed by atoms with Crippen molar-refractivity contribution in [3.63, 3.8) is 0 Å². The molecule has 108 valence electrons. The molecule has 1 atom stereocenters. The fourth-order valence-corrected chi connectivity index (χ4v) is 3.42. The van der Waals surface area contributed by atoms with Gasteiger partial charge in [-0.05, 0) is 44.3 Å². The normalized spacial score (nSPS) is 17.9. The second kappa shape index (κ2) is 6.03. The van der Waals surface area contributed by atoms with Gasteiger partial charge in [0.05, 0.1) is 12.1 Å². The third kappa shape index (κ3) is 3.08. The van der Waals surface area contributed by atoms with Crippen molar-refractivity contribution in [1.82, 2.24) is 20.2 Å². The van der Waals surface area contributed by atoms with Gasteiger partial charge in [0.25, 0.3) is 5.56 Å². The summed E-state index contributed by atoms with van der Waals surface area (Å²) in [6.45, 7) is 6.27. The molecular weight excluding hydrogens is 272 g/mol.